The zero-order valence-corrected chi connectivity index (χ0v) is 12.9. The van der Waals surface area contributed by atoms with Crippen LogP contribution in [0.25, 0.3) is 0 Å². The predicted molar refractivity (Wildman–Crippen MR) is 83.3 cm³/mol. The van der Waals surface area contributed by atoms with Gasteiger partial charge in [0.2, 0.25) is 5.91 Å². The Morgan fingerprint density at radius 2 is 1.76 bits per heavy atom. The normalized spacial score (nSPS) is 15.7. The molecule has 0 bridgehead atoms. The van der Waals surface area contributed by atoms with Gasteiger partial charge in [0.05, 0.1) is 11.3 Å². The molecule has 5 nitrogen and oxygen atoms in total. The number of anilines is 1. The molecule has 0 aromatic heterocycles. The molecule has 2 rings (SSSR count). The molecular formula is C16H23N3O2. The molecule has 1 fully saturated rings. The molecule has 1 aromatic carbocycles. The van der Waals surface area contributed by atoms with E-state index in [0.717, 1.165) is 13.1 Å². The number of amides is 2. The van der Waals surface area contributed by atoms with Gasteiger partial charge in [-0.3, -0.25) is 9.59 Å². The van der Waals surface area contributed by atoms with Crippen LogP contribution < -0.4 is 10.6 Å². The molecule has 0 saturated carbocycles. The molecule has 0 atom stereocenters. The van der Waals surface area contributed by atoms with E-state index in [-0.39, 0.29) is 11.8 Å². The Balaban J connectivity index is 2.20. The Kier molecular flexibility index (Phi) is 4.63. The summed E-state index contributed by atoms with van der Waals surface area (Å²) in [6.07, 6.45) is 0. The summed E-state index contributed by atoms with van der Waals surface area (Å²) >= 11 is 0. The van der Waals surface area contributed by atoms with Crippen LogP contribution in [0.2, 0.25) is 0 Å². The highest BCUT2D eigenvalue weighted by molar-refractivity contribution is 6.04. The molecule has 1 heterocycles. The summed E-state index contributed by atoms with van der Waals surface area (Å²) in [5, 5.41) is 6.09. The molecular weight excluding hydrogens is 266 g/mol. The molecule has 1 aromatic rings. The van der Waals surface area contributed by atoms with Crippen LogP contribution >= 0.6 is 0 Å². The molecule has 2 N–H and O–H groups in total. The van der Waals surface area contributed by atoms with E-state index in [0.29, 0.717) is 24.3 Å². The van der Waals surface area contributed by atoms with E-state index >= 15 is 0 Å². The van der Waals surface area contributed by atoms with Gasteiger partial charge in [0.25, 0.3) is 5.91 Å². The van der Waals surface area contributed by atoms with E-state index in [1.54, 1.807) is 12.1 Å². The molecule has 5 heteroatoms. The van der Waals surface area contributed by atoms with Crippen molar-refractivity contribution in [2.75, 3.05) is 31.5 Å². The number of carbonyl (C=O) groups is 2. The van der Waals surface area contributed by atoms with E-state index < -0.39 is 5.41 Å². The molecule has 21 heavy (non-hydrogen) atoms. The fourth-order valence-corrected chi connectivity index (χ4v) is 2.13. The van der Waals surface area contributed by atoms with Gasteiger partial charge in [-0.05, 0) is 12.1 Å². The van der Waals surface area contributed by atoms with Gasteiger partial charge >= 0.3 is 0 Å². The Bertz CT molecular complexity index is 529. The van der Waals surface area contributed by atoms with Crippen molar-refractivity contribution in [1.82, 2.24) is 10.2 Å². The number of hydrogen-bond acceptors (Lipinski definition) is 3. The number of rotatable bonds is 2. The summed E-state index contributed by atoms with van der Waals surface area (Å²) in [6, 6.07) is 7.19. The number of nitrogens with zero attached hydrogens (tertiary/aromatic N) is 1. The largest absolute Gasteiger partial charge is 0.336 e. The summed E-state index contributed by atoms with van der Waals surface area (Å²) in [6.45, 7) is 8.56. The molecule has 0 aliphatic carbocycles. The average Bonchev–Trinajstić information content (AvgIpc) is 2.47. The second-order valence-corrected chi connectivity index (χ2v) is 6.29. The maximum atomic E-state index is 12.6. The molecule has 0 unspecified atom stereocenters. The van der Waals surface area contributed by atoms with Crippen LogP contribution in [0.3, 0.4) is 0 Å². The van der Waals surface area contributed by atoms with Gasteiger partial charge in [0, 0.05) is 31.6 Å². The second-order valence-electron chi connectivity index (χ2n) is 6.29. The predicted octanol–water partition coefficient (Wildman–Crippen LogP) is 1.72. The van der Waals surface area contributed by atoms with Gasteiger partial charge in [-0.1, -0.05) is 32.9 Å². The maximum Gasteiger partial charge on any atom is 0.256 e. The standard InChI is InChI=1S/C16H23N3O2/c1-16(2,3)15(21)18-13-7-5-4-6-12(13)14(20)19-10-8-17-9-11-19/h4-7,17H,8-11H2,1-3H3,(H,18,21). The summed E-state index contributed by atoms with van der Waals surface area (Å²) < 4.78 is 0. The van der Waals surface area contributed by atoms with Crippen molar-refractivity contribution in [3.05, 3.63) is 29.8 Å². The summed E-state index contributed by atoms with van der Waals surface area (Å²) in [5.74, 6) is -0.121. The highest BCUT2D eigenvalue weighted by atomic mass is 16.2. The Morgan fingerprint density at radius 3 is 2.38 bits per heavy atom. The SMILES string of the molecule is CC(C)(C)C(=O)Nc1ccccc1C(=O)N1CCNCC1. The van der Waals surface area contributed by atoms with Crippen molar-refractivity contribution >= 4 is 17.5 Å². The second kappa shape index (κ2) is 6.26. The molecule has 0 spiro atoms. The molecule has 1 aliphatic rings. The van der Waals surface area contributed by atoms with Gasteiger partial charge < -0.3 is 15.5 Å². The molecule has 1 aliphatic heterocycles. The quantitative estimate of drug-likeness (QED) is 0.871. The Morgan fingerprint density at radius 1 is 1.14 bits per heavy atom. The monoisotopic (exact) mass is 289 g/mol. The maximum absolute atomic E-state index is 12.6. The lowest BCUT2D eigenvalue weighted by Crippen LogP contribution is -2.46. The topological polar surface area (TPSA) is 61.4 Å². The lowest BCUT2D eigenvalue weighted by molar-refractivity contribution is -0.123. The van der Waals surface area contributed by atoms with Crippen molar-refractivity contribution in [1.29, 1.82) is 0 Å². The highest BCUT2D eigenvalue weighted by Gasteiger charge is 2.25. The minimum absolute atomic E-state index is 0.0266. The van der Waals surface area contributed by atoms with Crippen molar-refractivity contribution in [3.63, 3.8) is 0 Å². The van der Waals surface area contributed by atoms with E-state index in [4.69, 9.17) is 0 Å². The van der Waals surface area contributed by atoms with Crippen LogP contribution in [-0.2, 0) is 4.79 Å². The molecule has 114 valence electrons. The average molecular weight is 289 g/mol. The van der Waals surface area contributed by atoms with Crippen LogP contribution in [0.15, 0.2) is 24.3 Å². The fourth-order valence-electron chi connectivity index (χ4n) is 2.13. The minimum Gasteiger partial charge on any atom is -0.336 e. The highest BCUT2D eigenvalue weighted by Crippen LogP contribution is 2.21. The molecule has 0 radical (unpaired) electrons. The van der Waals surface area contributed by atoms with Crippen molar-refractivity contribution < 1.29 is 9.59 Å². The summed E-state index contributed by atoms with van der Waals surface area (Å²) in [5.41, 5.74) is 0.642. The first kappa shape index (κ1) is 15.5. The van der Waals surface area contributed by atoms with E-state index in [9.17, 15) is 9.59 Å². The zero-order valence-electron chi connectivity index (χ0n) is 12.9. The third-order valence-corrected chi connectivity index (χ3v) is 3.49. The van der Waals surface area contributed by atoms with Gasteiger partial charge in [-0.2, -0.15) is 0 Å². The third-order valence-electron chi connectivity index (χ3n) is 3.49. The number of piperazine rings is 1. The fraction of sp³-hybridized carbons (Fsp3) is 0.500. The lowest BCUT2D eigenvalue weighted by atomic mass is 9.95. The third kappa shape index (κ3) is 3.82. The van der Waals surface area contributed by atoms with Crippen LogP contribution in [0.5, 0.6) is 0 Å². The summed E-state index contributed by atoms with van der Waals surface area (Å²) in [4.78, 5) is 26.6. The van der Waals surface area contributed by atoms with E-state index in [2.05, 4.69) is 10.6 Å². The number of benzene rings is 1. The lowest BCUT2D eigenvalue weighted by Gasteiger charge is -2.28. The summed E-state index contributed by atoms with van der Waals surface area (Å²) in [7, 11) is 0. The van der Waals surface area contributed by atoms with Gasteiger partial charge in [-0.25, -0.2) is 0 Å². The Hall–Kier alpha value is -1.88. The Labute approximate surface area is 125 Å². The molecule has 1 saturated heterocycles. The number of carbonyl (C=O) groups excluding carboxylic acids is 2. The van der Waals surface area contributed by atoms with Crippen LogP contribution in [0, 0.1) is 5.41 Å². The van der Waals surface area contributed by atoms with Crippen LogP contribution in [0.1, 0.15) is 31.1 Å². The number of hydrogen-bond donors (Lipinski definition) is 2. The first-order valence-electron chi connectivity index (χ1n) is 7.30. The smallest absolute Gasteiger partial charge is 0.256 e. The van der Waals surface area contributed by atoms with Gasteiger partial charge in [0.15, 0.2) is 0 Å². The van der Waals surface area contributed by atoms with Crippen LogP contribution in [-0.4, -0.2) is 42.9 Å². The minimum atomic E-state index is -0.495. The van der Waals surface area contributed by atoms with Crippen molar-refractivity contribution in [3.8, 4) is 0 Å². The van der Waals surface area contributed by atoms with E-state index in [1.807, 2.05) is 37.8 Å². The van der Waals surface area contributed by atoms with Gasteiger partial charge in [0.1, 0.15) is 0 Å². The zero-order chi connectivity index (χ0) is 15.5. The van der Waals surface area contributed by atoms with E-state index in [1.165, 1.54) is 0 Å². The number of para-hydroxylation sites is 1. The van der Waals surface area contributed by atoms with Crippen molar-refractivity contribution in [2.24, 2.45) is 5.41 Å². The first-order chi connectivity index (χ1) is 9.89. The first-order valence-corrected chi connectivity index (χ1v) is 7.30. The van der Waals surface area contributed by atoms with Gasteiger partial charge in [-0.15, -0.1) is 0 Å². The van der Waals surface area contributed by atoms with Crippen LogP contribution in [0.4, 0.5) is 5.69 Å². The molecule has 2 amide bonds. The number of nitrogens with one attached hydrogen (secondary N) is 2. The van der Waals surface area contributed by atoms with Crippen molar-refractivity contribution in [2.45, 2.75) is 20.8 Å².